The molecule has 0 fully saturated rings. The molecule has 0 aliphatic heterocycles. The highest BCUT2D eigenvalue weighted by molar-refractivity contribution is 5.78. The zero-order chi connectivity index (χ0) is 10.1. The summed E-state index contributed by atoms with van der Waals surface area (Å²) in [5.41, 5.74) is 2.27. The summed E-state index contributed by atoms with van der Waals surface area (Å²) >= 11 is 0. The van der Waals surface area contributed by atoms with E-state index < -0.39 is 0 Å². The van der Waals surface area contributed by atoms with Gasteiger partial charge in [-0.15, -0.1) is 0 Å². The molecule has 76 valence electrons. The van der Waals surface area contributed by atoms with Crippen LogP contribution in [-0.2, 0) is 17.6 Å². The van der Waals surface area contributed by atoms with Crippen LogP contribution in [0.1, 0.15) is 17.8 Å². The molecule has 0 radical (unpaired) electrons. The first-order chi connectivity index (χ1) is 6.68. The number of hydrogen-bond donors (Lipinski definition) is 1. The van der Waals surface area contributed by atoms with Crippen molar-refractivity contribution in [3.8, 4) is 0 Å². The highest BCUT2D eigenvalue weighted by Gasteiger charge is 2.26. The van der Waals surface area contributed by atoms with Crippen molar-refractivity contribution in [3.63, 3.8) is 0 Å². The molecule has 1 aromatic rings. The SMILES string of the molecule is CN(C)C(=O)C1CCc2nc[nH]c2C1. The van der Waals surface area contributed by atoms with Crippen molar-refractivity contribution in [3.05, 3.63) is 17.7 Å². The van der Waals surface area contributed by atoms with E-state index in [4.69, 9.17) is 0 Å². The van der Waals surface area contributed by atoms with E-state index in [-0.39, 0.29) is 11.8 Å². The third-order valence-electron chi connectivity index (χ3n) is 2.78. The lowest BCUT2D eigenvalue weighted by molar-refractivity contribution is -0.133. The van der Waals surface area contributed by atoms with E-state index in [9.17, 15) is 4.79 Å². The summed E-state index contributed by atoms with van der Waals surface area (Å²) in [7, 11) is 3.62. The van der Waals surface area contributed by atoms with Crippen LogP contribution in [0.5, 0.6) is 0 Å². The molecule has 1 unspecified atom stereocenters. The Bertz CT molecular complexity index is 343. The number of fused-ring (bicyclic) bond motifs is 1. The second-order valence-electron chi connectivity index (χ2n) is 4.00. The molecule has 2 rings (SSSR count). The van der Waals surface area contributed by atoms with Crippen LogP contribution in [0.4, 0.5) is 0 Å². The summed E-state index contributed by atoms with van der Waals surface area (Å²) < 4.78 is 0. The lowest BCUT2D eigenvalue weighted by Gasteiger charge is -2.23. The van der Waals surface area contributed by atoms with Gasteiger partial charge in [0.1, 0.15) is 0 Å². The molecule has 4 nitrogen and oxygen atoms in total. The molecule has 1 aliphatic rings. The minimum absolute atomic E-state index is 0.137. The third-order valence-corrected chi connectivity index (χ3v) is 2.78. The topological polar surface area (TPSA) is 49.0 Å². The Morgan fingerprint density at radius 1 is 1.64 bits per heavy atom. The molecule has 14 heavy (non-hydrogen) atoms. The lowest BCUT2D eigenvalue weighted by atomic mass is 9.89. The number of aromatic amines is 1. The Morgan fingerprint density at radius 3 is 3.14 bits per heavy atom. The van der Waals surface area contributed by atoms with Crippen LogP contribution in [-0.4, -0.2) is 34.9 Å². The highest BCUT2D eigenvalue weighted by atomic mass is 16.2. The molecule has 1 aliphatic carbocycles. The number of carbonyl (C=O) groups is 1. The second kappa shape index (κ2) is 3.44. The Morgan fingerprint density at radius 2 is 2.43 bits per heavy atom. The molecule has 0 bridgehead atoms. The molecule has 1 N–H and O–H groups in total. The van der Waals surface area contributed by atoms with Crippen molar-refractivity contribution >= 4 is 5.91 Å². The highest BCUT2D eigenvalue weighted by Crippen LogP contribution is 2.23. The molecule has 1 amide bonds. The Balaban J connectivity index is 2.11. The molecule has 1 aromatic heterocycles. The fourth-order valence-electron chi connectivity index (χ4n) is 1.98. The number of imidazole rings is 1. The van der Waals surface area contributed by atoms with Gasteiger partial charge in [0.15, 0.2) is 0 Å². The van der Waals surface area contributed by atoms with Crippen LogP contribution in [0.2, 0.25) is 0 Å². The van der Waals surface area contributed by atoms with E-state index in [1.54, 1.807) is 11.2 Å². The van der Waals surface area contributed by atoms with Crippen molar-refractivity contribution in [2.24, 2.45) is 5.92 Å². The summed E-state index contributed by atoms with van der Waals surface area (Å²) in [6.07, 6.45) is 4.37. The summed E-state index contributed by atoms with van der Waals surface area (Å²) in [6, 6.07) is 0. The van der Waals surface area contributed by atoms with Gasteiger partial charge in [-0.2, -0.15) is 0 Å². The lowest BCUT2D eigenvalue weighted by Crippen LogP contribution is -2.33. The van der Waals surface area contributed by atoms with Crippen molar-refractivity contribution in [1.82, 2.24) is 14.9 Å². The Kier molecular flexibility index (Phi) is 2.27. The van der Waals surface area contributed by atoms with E-state index in [2.05, 4.69) is 9.97 Å². The molecule has 0 aromatic carbocycles. The van der Waals surface area contributed by atoms with E-state index >= 15 is 0 Å². The normalized spacial score (nSPS) is 20.3. The van der Waals surface area contributed by atoms with Gasteiger partial charge in [0.2, 0.25) is 5.91 Å². The molecule has 1 heterocycles. The number of amides is 1. The van der Waals surface area contributed by atoms with Gasteiger partial charge in [-0.05, 0) is 12.8 Å². The van der Waals surface area contributed by atoms with Gasteiger partial charge in [-0.3, -0.25) is 4.79 Å². The Labute approximate surface area is 83.3 Å². The summed E-state index contributed by atoms with van der Waals surface area (Å²) in [6.45, 7) is 0. The van der Waals surface area contributed by atoms with Crippen molar-refractivity contribution < 1.29 is 4.79 Å². The maximum absolute atomic E-state index is 11.7. The van der Waals surface area contributed by atoms with Gasteiger partial charge in [0.05, 0.1) is 12.0 Å². The Hall–Kier alpha value is -1.32. The van der Waals surface area contributed by atoms with E-state index in [0.29, 0.717) is 0 Å². The molecule has 4 heteroatoms. The van der Waals surface area contributed by atoms with Gasteiger partial charge >= 0.3 is 0 Å². The van der Waals surface area contributed by atoms with Crippen LogP contribution >= 0.6 is 0 Å². The number of aromatic nitrogens is 2. The summed E-state index contributed by atoms with van der Waals surface area (Å²) in [5.74, 6) is 0.364. The quantitative estimate of drug-likeness (QED) is 0.710. The fraction of sp³-hybridized carbons (Fsp3) is 0.600. The maximum Gasteiger partial charge on any atom is 0.225 e. The van der Waals surface area contributed by atoms with Crippen LogP contribution in [0, 0.1) is 5.92 Å². The van der Waals surface area contributed by atoms with Crippen LogP contribution in [0.25, 0.3) is 0 Å². The first kappa shape index (κ1) is 9.24. The van der Waals surface area contributed by atoms with E-state index in [0.717, 1.165) is 30.7 Å². The predicted octanol–water partition coefficient (Wildman–Crippen LogP) is 0.603. The number of nitrogens with one attached hydrogen (secondary N) is 1. The molecule has 0 saturated carbocycles. The third kappa shape index (κ3) is 1.52. The van der Waals surface area contributed by atoms with Crippen LogP contribution < -0.4 is 0 Å². The monoisotopic (exact) mass is 193 g/mol. The minimum atomic E-state index is 0.137. The number of hydrogen-bond acceptors (Lipinski definition) is 2. The van der Waals surface area contributed by atoms with E-state index in [1.807, 2.05) is 14.1 Å². The summed E-state index contributed by atoms with van der Waals surface area (Å²) in [4.78, 5) is 20.7. The smallest absolute Gasteiger partial charge is 0.225 e. The summed E-state index contributed by atoms with van der Waals surface area (Å²) in [5, 5.41) is 0. The van der Waals surface area contributed by atoms with Crippen molar-refractivity contribution in [2.45, 2.75) is 19.3 Å². The fourth-order valence-corrected chi connectivity index (χ4v) is 1.98. The van der Waals surface area contributed by atoms with Crippen LogP contribution in [0.3, 0.4) is 0 Å². The number of rotatable bonds is 1. The maximum atomic E-state index is 11.7. The molecular weight excluding hydrogens is 178 g/mol. The number of nitrogens with zero attached hydrogens (tertiary/aromatic N) is 2. The number of carbonyl (C=O) groups excluding carboxylic acids is 1. The second-order valence-corrected chi connectivity index (χ2v) is 4.00. The minimum Gasteiger partial charge on any atom is -0.349 e. The standard InChI is InChI=1S/C10H15N3O/c1-13(2)10(14)7-3-4-8-9(5-7)12-6-11-8/h6-7H,3-5H2,1-2H3,(H,11,12). The zero-order valence-corrected chi connectivity index (χ0v) is 8.58. The largest absolute Gasteiger partial charge is 0.349 e. The van der Waals surface area contributed by atoms with Crippen molar-refractivity contribution in [1.29, 1.82) is 0 Å². The number of H-pyrrole nitrogens is 1. The van der Waals surface area contributed by atoms with Crippen molar-refractivity contribution in [2.75, 3.05) is 14.1 Å². The average Bonchev–Trinajstić information content (AvgIpc) is 2.62. The van der Waals surface area contributed by atoms with Gasteiger partial charge in [0.25, 0.3) is 0 Å². The van der Waals surface area contributed by atoms with E-state index in [1.165, 1.54) is 0 Å². The van der Waals surface area contributed by atoms with Gasteiger partial charge in [-0.25, -0.2) is 4.98 Å². The number of aryl methyl sites for hydroxylation is 1. The first-order valence-electron chi connectivity index (χ1n) is 4.90. The first-order valence-corrected chi connectivity index (χ1v) is 4.90. The predicted molar refractivity (Wildman–Crippen MR) is 52.8 cm³/mol. The van der Waals surface area contributed by atoms with Gasteiger partial charge < -0.3 is 9.88 Å². The zero-order valence-electron chi connectivity index (χ0n) is 8.58. The molecule has 1 atom stereocenters. The molecule has 0 saturated heterocycles. The van der Waals surface area contributed by atoms with Crippen LogP contribution in [0.15, 0.2) is 6.33 Å². The molecule has 0 spiro atoms. The van der Waals surface area contributed by atoms with Gasteiger partial charge in [0, 0.05) is 32.1 Å². The molecular formula is C10H15N3O. The average molecular weight is 193 g/mol. The van der Waals surface area contributed by atoms with Gasteiger partial charge in [-0.1, -0.05) is 0 Å².